The third-order valence-electron chi connectivity index (χ3n) is 6.21. The highest BCUT2D eigenvalue weighted by atomic mass is 32.1. The largest absolute Gasteiger partial charge is 0.311 e. The molecular formula is C30H33NS. The number of para-hydroxylation sites is 1. The van der Waals surface area contributed by atoms with Crippen LogP contribution in [0, 0.1) is 5.92 Å². The Hall–Kier alpha value is -2.84. The molecule has 0 fully saturated rings. The van der Waals surface area contributed by atoms with Gasteiger partial charge in [0.15, 0.2) is 0 Å². The Morgan fingerprint density at radius 3 is 1.97 bits per heavy atom. The van der Waals surface area contributed by atoms with Crippen LogP contribution in [0.2, 0.25) is 0 Å². The number of nitrogens with zero attached hydrogens (tertiary/aromatic N) is 1. The van der Waals surface area contributed by atoms with Crippen molar-refractivity contribution in [2.75, 3.05) is 4.90 Å². The van der Waals surface area contributed by atoms with E-state index in [1.165, 1.54) is 65.2 Å². The van der Waals surface area contributed by atoms with Gasteiger partial charge in [-0.25, -0.2) is 0 Å². The minimum Gasteiger partial charge on any atom is -0.311 e. The monoisotopic (exact) mass is 439 g/mol. The molecule has 1 aromatic heterocycles. The van der Waals surface area contributed by atoms with Crippen molar-refractivity contribution >= 4 is 28.4 Å². The van der Waals surface area contributed by atoms with Gasteiger partial charge in [-0.1, -0.05) is 88.1 Å². The Labute approximate surface area is 197 Å². The number of hydrogen-bond acceptors (Lipinski definition) is 2. The molecule has 0 amide bonds. The van der Waals surface area contributed by atoms with E-state index < -0.39 is 0 Å². The van der Waals surface area contributed by atoms with Crippen molar-refractivity contribution in [1.82, 2.24) is 0 Å². The van der Waals surface area contributed by atoms with E-state index in [2.05, 4.69) is 115 Å². The predicted molar refractivity (Wildman–Crippen MR) is 141 cm³/mol. The maximum atomic E-state index is 2.34. The Morgan fingerprint density at radius 1 is 0.719 bits per heavy atom. The van der Waals surface area contributed by atoms with Crippen LogP contribution in [0.1, 0.15) is 45.1 Å². The van der Waals surface area contributed by atoms with Crippen molar-refractivity contribution in [1.29, 1.82) is 0 Å². The lowest BCUT2D eigenvalue weighted by atomic mass is 9.92. The zero-order valence-corrected chi connectivity index (χ0v) is 20.0. The van der Waals surface area contributed by atoms with Gasteiger partial charge in [-0.3, -0.25) is 0 Å². The van der Waals surface area contributed by atoms with Gasteiger partial charge in [-0.2, -0.15) is 0 Å². The molecule has 4 rings (SSSR count). The van der Waals surface area contributed by atoms with E-state index in [4.69, 9.17) is 0 Å². The van der Waals surface area contributed by atoms with E-state index in [0.29, 0.717) is 0 Å². The minimum absolute atomic E-state index is 0.788. The fourth-order valence-corrected chi connectivity index (χ4v) is 5.03. The van der Waals surface area contributed by atoms with Gasteiger partial charge in [0.25, 0.3) is 0 Å². The lowest BCUT2D eigenvalue weighted by Crippen LogP contribution is -2.10. The molecule has 1 heterocycles. The van der Waals surface area contributed by atoms with Gasteiger partial charge in [-0.15, -0.1) is 11.3 Å². The molecule has 3 aromatic carbocycles. The van der Waals surface area contributed by atoms with Crippen LogP contribution in [0.25, 0.3) is 10.4 Å². The van der Waals surface area contributed by atoms with Crippen molar-refractivity contribution in [3.05, 3.63) is 102 Å². The SMILES string of the molecule is CCCCC(CC)Cc1ccc(N(c2ccccc2)c2ccc(-c3cccs3)cc2)cc1. The average molecular weight is 440 g/mol. The topological polar surface area (TPSA) is 3.24 Å². The molecule has 2 heteroatoms. The van der Waals surface area contributed by atoms with Crippen LogP contribution in [0.5, 0.6) is 0 Å². The summed E-state index contributed by atoms with van der Waals surface area (Å²) in [5, 5.41) is 2.13. The molecule has 0 radical (unpaired) electrons. The normalized spacial score (nSPS) is 11.9. The van der Waals surface area contributed by atoms with E-state index in [9.17, 15) is 0 Å². The lowest BCUT2D eigenvalue weighted by Gasteiger charge is -2.26. The zero-order chi connectivity index (χ0) is 22.2. The first-order valence-corrected chi connectivity index (χ1v) is 12.7. The second kappa shape index (κ2) is 11.2. The first-order valence-electron chi connectivity index (χ1n) is 11.9. The molecule has 0 aliphatic heterocycles. The van der Waals surface area contributed by atoms with Gasteiger partial charge < -0.3 is 4.90 Å². The number of thiophene rings is 1. The molecular weight excluding hydrogens is 406 g/mol. The highest BCUT2D eigenvalue weighted by Gasteiger charge is 2.13. The Kier molecular flexibility index (Phi) is 7.79. The Morgan fingerprint density at radius 2 is 1.38 bits per heavy atom. The molecule has 0 aliphatic carbocycles. The number of benzene rings is 3. The number of unbranched alkanes of at least 4 members (excludes halogenated alkanes) is 1. The minimum atomic E-state index is 0.788. The van der Waals surface area contributed by atoms with Crippen LogP contribution in [0.3, 0.4) is 0 Å². The molecule has 164 valence electrons. The van der Waals surface area contributed by atoms with Gasteiger partial charge >= 0.3 is 0 Å². The number of rotatable bonds is 10. The van der Waals surface area contributed by atoms with Gasteiger partial charge in [-0.05, 0) is 71.3 Å². The molecule has 1 unspecified atom stereocenters. The third-order valence-corrected chi connectivity index (χ3v) is 7.13. The second-order valence-electron chi connectivity index (χ2n) is 8.48. The van der Waals surface area contributed by atoms with Crippen LogP contribution in [0.15, 0.2) is 96.4 Å². The van der Waals surface area contributed by atoms with Crippen molar-refractivity contribution in [3.8, 4) is 10.4 Å². The number of anilines is 3. The Bertz CT molecular complexity index is 1050. The molecule has 1 atom stereocenters. The van der Waals surface area contributed by atoms with E-state index in [-0.39, 0.29) is 0 Å². The summed E-state index contributed by atoms with van der Waals surface area (Å²) >= 11 is 1.78. The third kappa shape index (κ3) is 5.49. The Balaban J connectivity index is 1.60. The van der Waals surface area contributed by atoms with E-state index in [1.54, 1.807) is 11.3 Å². The molecule has 4 aromatic rings. The van der Waals surface area contributed by atoms with Gasteiger partial charge in [0.1, 0.15) is 0 Å². The summed E-state index contributed by atoms with van der Waals surface area (Å²) in [5.41, 5.74) is 6.27. The standard InChI is InChI=1S/C30H33NS/c1-3-5-10-24(4-2)23-25-14-18-28(19-15-25)31(27-11-7-6-8-12-27)29-20-16-26(17-21-29)30-13-9-22-32-30/h6-9,11-22,24H,3-5,10,23H2,1-2H3. The van der Waals surface area contributed by atoms with Crippen LogP contribution in [0.4, 0.5) is 17.1 Å². The van der Waals surface area contributed by atoms with E-state index in [1.807, 2.05) is 0 Å². The molecule has 0 aliphatic rings. The van der Waals surface area contributed by atoms with E-state index >= 15 is 0 Å². The summed E-state index contributed by atoms with van der Waals surface area (Å²) in [7, 11) is 0. The molecule has 0 saturated heterocycles. The predicted octanol–water partition coefficient (Wildman–Crippen LogP) is 9.64. The highest BCUT2D eigenvalue weighted by molar-refractivity contribution is 7.13. The average Bonchev–Trinajstić information content (AvgIpc) is 3.39. The highest BCUT2D eigenvalue weighted by Crippen LogP contribution is 2.36. The summed E-state index contributed by atoms with van der Waals surface area (Å²) in [5.74, 6) is 0.788. The quantitative estimate of drug-likeness (QED) is 0.238. The van der Waals surface area contributed by atoms with Gasteiger partial charge in [0.05, 0.1) is 0 Å². The maximum absolute atomic E-state index is 2.34. The summed E-state index contributed by atoms with van der Waals surface area (Å²) in [6, 6.07) is 33.0. The smallest absolute Gasteiger partial charge is 0.0462 e. The van der Waals surface area contributed by atoms with Crippen molar-refractivity contribution in [2.45, 2.75) is 46.0 Å². The summed E-state index contributed by atoms with van der Waals surface area (Å²) in [6.07, 6.45) is 6.39. The fourth-order valence-electron chi connectivity index (χ4n) is 4.30. The summed E-state index contributed by atoms with van der Waals surface area (Å²) < 4.78 is 0. The molecule has 0 spiro atoms. The van der Waals surface area contributed by atoms with Crippen LogP contribution in [-0.2, 0) is 6.42 Å². The fraction of sp³-hybridized carbons (Fsp3) is 0.267. The molecule has 0 N–H and O–H groups in total. The lowest BCUT2D eigenvalue weighted by molar-refractivity contribution is 0.449. The van der Waals surface area contributed by atoms with Gasteiger partial charge in [0, 0.05) is 21.9 Å². The van der Waals surface area contributed by atoms with E-state index in [0.717, 1.165) is 5.92 Å². The molecule has 32 heavy (non-hydrogen) atoms. The summed E-state index contributed by atoms with van der Waals surface area (Å²) in [6.45, 7) is 4.61. The van der Waals surface area contributed by atoms with Crippen LogP contribution in [-0.4, -0.2) is 0 Å². The van der Waals surface area contributed by atoms with Gasteiger partial charge in [0.2, 0.25) is 0 Å². The first-order chi connectivity index (χ1) is 15.8. The molecule has 1 nitrogen and oxygen atoms in total. The zero-order valence-electron chi connectivity index (χ0n) is 19.2. The maximum Gasteiger partial charge on any atom is 0.0462 e. The van der Waals surface area contributed by atoms with Crippen LogP contribution >= 0.6 is 11.3 Å². The first kappa shape index (κ1) is 22.4. The molecule has 0 bridgehead atoms. The molecule has 0 saturated carbocycles. The van der Waals surface area contributed by atoms with Crippen molar-refractivity contribution < 1.29 is 0 Å². The van der Waals surface area contributed by atoms with Crippen LogP contribution < -0.4 is 4.90 Å². The summed E-state index contributed by atoms with van der Waals surface area (Å²) in [4.78, 5) is 3.65. The van der Waals surface area contributed by atoms with Crippen molar-refractivity contribution in [2.24, 2.45) is 5.92 Å². The van der Waals surface area contributed by atoms with Crippen molar-refractivity contribution in [3.63, 3.8) is 0 Å². The number of hydrogen-bond donors (Lipinski definition) is 0. The second-order valence-corrected chi connectivity index (χ2v) is 9.43.